The molecule has 0 spiro atoms. The van der Waals surface area contributed by atoms with Gasteiger partial charge in [0.15, 0.2) is 6.10 Å². The van der Waals surface area contributed by atoms with E-state index in [0.717, 1.165) is 6.92 Å². The van der Waals surface area contributed by atoms with Crippen LogP contribution in [0, 0.1) is 0 Å². The number of benzene rings is 1. The van der Waals surface area contributed by atoms with Crippen LogP contribution in [-0.4, -0.2) is 11.8 Å². The molecule has 0 aromatic heterocycles. The van der Waals surface area contributed by atoms with Crippen LogP contribution in [0.5, 0.6) is 0 Å². The van der Waals surface area contributed by atoms with E-state index < -0.39 is 17.9 Å². The molecule has 0 saturated heterocycles. The minimum atomic E-state index is -1.01. The largest absolute Gasteiger partial charge is 0.460 e. The zero-order valence-electron chi connectivity index (χ0n) is 9.78. The molecule has 0 saturated carbocycles. The Hall–Kier alpha value is -1.72. The predicted octanol–water partition coefficient (Wildman–Crippen LogP) is 2.32. The highest BCUT2D eigenvalue weighted by Gasteiger charge is 2.38. The second-order valence-electron chi connectivity index (χ2n) is 3.85. The topological polar surface area (TPSA) is 78.6 Å². The summed E-state index contributed by atoms with van der Waals surface area (Å²) < 4.78 is 9.92. The maximum Gasteiger partial charge on any atom is 0.308 e. The van der Waals surface area contributed by atoms with E-state index in [-0.39, 0.29) is 11.6 Å². The Labute approximate surface area is 118 Å². The number of hydrogen-bond acceptors (Lipinski definition) is 5. The molecule has 0 bridgehead atoms. The van der Waals surface area contributed by atoms with Crippen LogP contribution < -0.4 is 5.73 Å². The maximum absolute atomic E-state index is 12.0. The lowest BCUT2D eigenvalue weighted by Gasteiger charge is -2.10. The number of carbonyl (C=O) groups is 2. The van der Waals surface area contributed by atoms with Gasteiger partial charge in [0.05, 0.1) is 0 Å². The SMILES string of the molecule is CC(=O)OC1=C(N)OC(c2cc(Cl)cc(Cl)c2)C1=O. The quantitative estimate of drug-likeness (QED) is 0.848. The van der Waals surface area contributed by atoms with E-state index in [1.54, 1.807) is 0 Å². The summed E-state index contributed by atoms with van der Waals surface area (Å²) in [5, 5.41) is 0.719. The highest BCUT2D eigenvalue weighted by Crippen LogP contribution is 2.34. The lowest BCUT2D eigenvalue weighted by Crippen LogP contribution is -2.13. The number of esters is 1. The molecule has 0 aliphatic carbocycles. The van der Waals surface area contributed by atoms with Crippen molar-refractivity contribution >= 4 is 35.0 Å². The summed E-state index contributed by atoms with van der Waals surface area (Å²) in [6.07, 6.45) is -1.01. The van der Waals surface area contributed by atoms with Crippen molar-refractivity contribution in [2.75, 3.05) is 0 Å². The first-order valence-electron chi connectivity index (χ1n) is 5.23. The number of halogens is 2. The first kappa shape index (κ1) is 13.7. The van der Waals surface area contributed by atoms with Crippen LogP contribution in [0.25, 0.3) is 0 Å². The average molecular weight is 302 g/mol. The van der Waals surface area contributed by atoms with Crippen LogP contribution in [0.4, 0.5) is 0 Å². The summed E-state index contributed by atoms with van der Waals surface area (Å²) in [5.41, 5.74) is 5.95. The first-order chi connectivity index (χ1) is 8.88. The van der Waals surface area contributed by atoms with E-state index in [1.807, 2.05) is 0 Å². The van der Waals surface area contributed by atoms with Crippen molar-refractivity contribution in [3.8, 4) is 0 Å². The van der Waals surface area contributed by atoms with Crippen LogP contribution >= 0.6 is 23.2 Å². The van der Waals surface area contributed by atoms with Crippen molar-refractivity contribution in [3.63, 3.8) is 0 Å². The van der Waals surface area contributed by atoms with Gasteiger partial charge in [0, 0.05) is 22.5 Å². The van der Waals surface area contributed by atoms with Gasteiger partial charge in [-0.15, -0.1) is 0 Å². The maximum atomic E-state index is 12.0. The molecule has 0 radical (unpaired) electrons. The molecule has 1 aliphatic rings. The summed E-state index contributed by atoms with van der Waals surface area (Å²) in [7, 11) is 0. The van der Waals surface area contributed by atoms with Crippen LogP contribution in [0.1, 0.15) is 18.6 Å². The van der Waals surface area contributed by atoms with E-state index >= 15 is 0 Å². The standard InChI is InChI=1S/C12H9Cl2NO4/c1-5(16)18-11-9(17)10(19-12(11)15)6-2-7(13)4-8(14)3-6/h2-4,10H,15H2,1H3. The van der Waals surface area contributed by atoms with Gasteiger partial charge in [0.25, 0.3) is 0 Å². The molecule has 2 rings (SSSR count). The number of carbonyl (C=O) groups excluding carboxylic acids is 2. The first-order valence-corrected chi connectivity index (χ1v) is 5.99. The number of hydrogen-bond donors (Lipinski definition) is 1. The molecule has 1 aromatic rings. The average Bonchev–Trinajstić information content (AvgIpc) is 2.55. The predicted molar refractivity (Wildman–Crippen MR) is 68.3 cm³/mol. The highest BCUT2D eigenvalue weighted by molar-refractivity contribution is 6.34. The van der Waals surface area contributed by atoms with E-state index in [1.165, 1.54) is 18.2 Å². The molecule has 1 aliphatic heterocycles. The number of ketones is 1. The molecule has 100 valence electrons. The molecule has 1 atom stereocenters. The van der Waals surface area contributed by atoms with Crippen molar-refractivity contribution in [2.45, 2.75) is 13.0 Å². The van der Waals surface area contributed by atoms with Gasteiger partial charge in [-0.25, -0.2) is 0 Å². The molecule has 0 amide bonds. The molecule has 19 heavy (non-hydrogen) atoms. The van der Waals surface area contributed by atoms with Crippen molar-refractivity contribution in [1.29, 1.82) is 0 Å². The minimum absolute atomic E-state index is 0.235. The minimum Gasteiger partial charge on any atom is -0.460 e. The molecular weight excluding hydrogens is 293 g/mol. The van der Waals surface area contributed by atoms with Gasteiger partial charge in [0.1, 0.15) is 0 Å². The van der Waals surface area contributed by atoms with Gasteiger partial charge >= 0.3 is 5.97 Å². The molecule has 1 heterocycles. The van der Waals surface area contributed by atoms with E-state index in [9.17, 15) is 9.59 Å². The summed E-state index contributed by atoms with van der Waals surface area (Å²) in [6.45, 7) is 1.16. The Bertz CT molecular complexity index is 577. The van der Waals surface area contributed by atoms with Crippen molar-refractivity contribution in [2.24, 2.45) is 5.73 Å². The van der Waals surface area contributed by atoms with Gasteiger partial charge < -0.3 is 15.2 Å². The van der Waals surface area contributed by atoms with E-state index in [4.69, 9.17) is 38.4 Å². The third-order valence-corrected chi connectivity index (χ3v) is 2.80. The van der Waals surface area contributed by atoms with Gasteiger partial charge in [-0.3, -0.25) is 9.59 Å². The molecule has 7 heteroatoms. The van der Waals surface area contributed by atoms with Crippen molar-refractivity contribution in [1.82, 2.24) is 0 Å². The van der Waals surface area contributed by atoms with E-state index in [0.29, 0.717) is 15.6 Å². The zero-order chi connectivity index (χ0) is 14.2. The Morgan fingerprint density at radius 2 is 1.89 bits per heavy atom. The van der Waals surface area contributed by atoms with Crippen LogP contribution in [0.2, 0.25) is 10.0 Å². The van der Waals surface area contributed by atoms with Crippen LogP contribution in [0.15, 0.2) is 29.8 Å². The Kier molecular flexibility index (Phi) is 3.68. The zero-order valence-corrected chi connectivity index (χ0v) is 11.3. The normalized spacial score (nSPS) is 18.5. The fraction of sp³-hybridized carbons (Fsp3) is 0.167. The van der Waals surface area contributed by atoms with Crippen LogP contribution in [-0.2, 0) is 19.1 Å². The molecule has 0 fully saturated rings. The molecule has 2 N–H and O–H groups in total. The van der Waals surface area contributed by atoms with Crippen LogP contribution in [0.3, 0.4) is 0 Å². The second-order valence-corrected chi connectivity index (χ2v) is 4.72. The highest BCUT2D eigenvalue weighted by atomic mass is 35.5. The summed E-state index contributed by atoms with van der Waals surface area (Å²) in [5.74, 6) is -1.74. The summed E-state index contributed by atoms with van der Waals surface area (Å²) in [6, 6.07) is 4.58. The summed E-state index contributed by atoms with van der Waals surface area (Å²) >= 11 is 11.7. The fourth-order valence-corrected chi connectivity index (χ4v) is 2.21. The molecule has 5 nitrogen and oxygen atoms in total. The number of nitrogens with two attached hydrogens (primary N) is 1. The van der Waals surface area contributed by atoms with Gasteiger partial charge in [0.2, 0.25) is 17.4 Å². The van der Waals surface area contributed by atoms with Gasteiger partial charge in [-0.05, 0) is 18.2 Å². The fourth-order valence-electron chi connectivity index (χ4n) is 1.66. The number of Topliss-reactive ketones (excluding diaryl/α,β-unsaturated/α-hetero) is 1. The van der Waals surface area contributed by atoms with Crippen molar-refractivity contribution in [3.05, 3.63) is 45.5 Å². The Morgan fingerprint density at radius 1 is 1.32 bits per heavy atom. The number of ether oxygens (including phenoxy) is 2. The number of rotatable bonds is 2. The lowest BCUT2D eigenvalue weighted by molar-refractivity contribution is -0.140. The van der Waals surface area contributed by atoms with Gasteiger partial charge in [-0.2, -0.15) is 0 Å². The molecular formula is C12H9Cl2NO4. The smallest absolute Gasteiger partial charge is 0.308 e. The van der Waals surface area contributed by atoms with Gasteiger partial charge in [-0.1, -0.05) is 23.2 Å². The Balaban J connectivity index is 2.31. The third-order valence-electron chi connectivity index (χ3n) is 2.36. The lowest BCUT2D eigenvalue weighted by atomic mass is 10.1. The Morgan fingerprint density at radius 3 is 2.42 bits per heavy atom. The second kappa shape index (κ2) is 5.11. The molecule has 1 unspecified atom stereocenters. The third kappa shape index (κ3) is 2.83. The van der Waals surface area contributed by atoms with Crippen molar-refractivity contribution < 1.29 is 19.1 Å². The monoisotopic (exact) mass is 301 g/mol. The molecule has 1 aromatic carbocycles. The van der Waals surface area contributed by atoms with E-state index in [2.05, 4.69) is 0 Å². The summed E-state index contributed by atoms with van der Waals surface area (Å²) in [4.78, 5) is 22.9.